The molecule has 11 aromatic carbocycles. The summed E-state index contributed by atoms with van der Waals surface area (Å²) in [7, 11) is 0. The third-order valence-electron chi connectivity index (χ3n) is 12.4. The fourth-order valence-corrected chi connectivity index (χ4v) is 10.2. The molecule has 2 aromatic heterocycles. The predicted molar refractivity (Wildman–Crippen MR) is 239 cm³/mol. The highest BCUT2D eigenvalue weighted by Gasteiger charge is 2.24. The molecule has 0 spiro atoms. The Morgan fingerprint density at radius 2 is 0.804 bits per heavy atom. The molecular weight excluding hydrogens is 677 g/mol. The van der Waals surface area contributed by atoms with E-state index in [4.69, 9.17) is 0 Å². The Kier molecular flexibility index (Phi) is 5.92. The molecular formula is C54H32N2. The summed E-state index contributed by atoms with van der Waals surface area (Å²) in [6, 6.07) is 72.0. The molecule has 0 aliphatic carbocycles. The Hall–Kier alpha value is -7.42. The van der Waals surface area contributed by atoms with Crippen molar-refractivity contribution in [2.75, 3.05) is 0 Å². The van der Waals surface area contributed by atoms with Gasteiger partial charge in [-0.1, -0.05) is 164 Å². The van der Waals surface area contributed by atoms with E-state index < -0.39 is 0 Å². The Balaban J connectivity index is 1.20. The maximum Gasteiger partial charge on any atom is 0.0641 e. The summed E-state index contributed by atoms with van der Waals surface area (Å²) < 4.78 is 5.02. The van der Waals surface area contributed by atoms with Crippen molar-refractivity contribution in [1.29, 1.82) is 0 Å². The number of hydrogen-bond acceptors (Lipinski definition) is 0. The van der Waals surface area contributed by atoms with Crippen LogP contribution in [0.15, 0.2) is 194 Å². The maximum atomic E-state index is 2.55. The van der Waals surface area contributed by atoms with Crippen molar-refractivity contribution in [3.05, 3.63) is 194 Å². The average Bonchev–Trinajstić information content (AvgIpc) is 3.78. The SMILES string of the molecule is c1ccc(-n2c3ccccc3c3ccc4c(c5ccccc5n4-c4c5ccccc5c(-c5ccc6ccc7cccc8ccc5c6c78)c5ccccc45)c32)cc1. The van der Waals surface area contributed by atoms with Crippen molar-refractivity contribution in [3.8, 4) is 22.5 Å². The van der Waals surface area contributed by atoms with Gasteiger partial charge in [0.1, 0.15) is 0 Å². The Bertz CT molecular complexity index is 3680. The van der Waals surface area contributed by atoms with E-state index in [1.54, 1.807) is 0 Å². The lowest BCUT2D eigenvalue weighted by Crippen LogP contribution is -1.99. The first-order chi connectivity index (χ1) is 27.8. The Morgan fingerprint density at radius 1 is 0.268 bits per heavy atom. The number of nitrogens with zero attached hydrogens (tertiary/aromatic N) is 2. The van der Waals surface area contributed by atoms with Gasteiger partial charge in [-0.25, -0.2) is 0 Å². The van der Waals surface area contributed by atoms with E-state index in [1.807, 2.05) is 0 Å². The minimum Gasteiger partial charge on any atom is -0.309 e. The summed E-state index contributed by atoms with van der Waals surface area (Å²) in [4.78, 5) is 0. The molecule has 2 nitrogen and oxygen atoms in total. The van der Waals surface area contributed by atoms with E-state index in [2.05, 4.69) is 203 Å². The van der Waals surface area contributed by atoms with Crippen LogP contribution in [-0.2, 0) is 0 Å². The molecule has 0 bridgehead atoms. The van der Waals surface area contributed by atoms with Gasteiger partial charge in [0, 0.05) is 38.0 Å². The third kappa shape index (κ3) is 3.85. The molecule has 0 aliphatic rings. The number of fused-ring (bicyclic) bond motifs is 9. The normalized spacial score (nSPS) is 12.3. The predicted octanol–water partition coefficient (Wildman–Crippen LogP) is 14.8. The van der Waals surface area contributed by atoms with Crippen LogP contribution < -0.4 is 0 Å². The zero-order valence-electron chi connectivity index (χ0n) is 30.4. The molecule has 0 unspecified atom stereocenters. The van der Waals surface area contributed by atoms with Crippen LogP contribution in [0.2, 0.25) is 0 Å². The average molecular weight is 709 g/mol. The van der Waals surface area contributed by atoms with Crippen LogP contribution >= 0.6 is 0 Å². The van der Waals surface area contributed by atoms with E-state index >= 15 is 0 Å². The molecule has 0 saturated carbocycles. The largest absolute Gasteiger partial charge is 0.309 e. The number of aromatic nitrogens is 2. The first-order valence-corrected chi connectivity index (χ1v) is 19.4. The van der Waals surface area contributed by atoms with Gasteiger partial charge in [0.15, 0.2) is 0 Å². The molecule has 0 radical (unpaired) electrons. The summed E-state index contributed by atoms with van der Waals surface area (Å²) in [5, 5.41) is 17.8. The zero-order chi connectivity index (χ0) is 36.5. The van der Waals surface area contributed by atoms with E-state index in [0.29, 0.717) is 0 Å². The highest BCUT2D eigenvalue weighted by Crippen LogP contribution is 2.48. The van der Waals surface area contributed by atoms with Crippen molar-refractivity contribution in [3.63, 3.8) is 0 Å². The molecule has 0 saturated heterocycles. The standard InChI is InChI=1S/C54H32N2/c1-2-15-36(16-3-1)55-46-23-10-8-17-37(46)44-31-32-48-52(54(44)55)45-22-9-11-24-47(45)56(48)53-42-20-6-4-18-38(42)51(39-19-5-7-21-43(39)53)41-30-28-35-26-25-33-13-12-14-34-27-29-40(41)50(35)49(33)34/h1-32H. The molecule has 13 rings (SSSR count). The van der Waals surface area contributed by atoms with Gasteiger partial charge >= 0.3 is 0 Å². The number of para-hydroxylation sites is 3. The van der Waals surface area contributed by atoms with E-state index in [1.165, 1.54) is 114 Å². The van der Waals surface area contributed by atoms with Crippen molar-refractivity contribution in [1.82, 2.24) is 9.13 Å². The molecule has 0 fully saturated rings. The molecule has 0 amide bonds. The van der Waals surface area contributed by atoms with Gasteiger partial charge in [-0.2, -0.15) is 0 Å². The van der Waals surface area contributed by atoms with Crippen LogP contribution in [-0.4, -0.2) is 9.13 Å². The smallest absolute Gasteiger partial charge is 0.0641 e. The molecule has 2 heteroatoms. The molecule has 0 aliphatic heterocycles. The Labute approximate surface area is 322 Å². The summed E-state index contributed by atoms with van der Waals surface area (Å²) >= 11 is 0. The molecule has 2 heterocycles. The van der Waals surface area contributed by atoms with Gasteiger partial charge in [0.25, 0.3) is 0 Å². The van der Waals surface area contributed by atoms with Crippen LogP contribution in [0.5, 0.6) is 0 Å². The summed E-state index contributed by atoms with van der Waals surface area (Å²) in [6.07, 6.45) is 0. The minimum atomic E-state index is 1.16. The van der Waals surface area contributed by atoms with E-state index in [0.717, 1.165) is 5.69 Å². The van der Waals surface area contributed by atoms with Crippen LogP contribution in [0.3, 0.4) is 0 Å². The zero-order valence-corrected chi connectivity index (χ0v) is 30.4. The molecule has 0 atom stereocenters. The maximum absolute atomic E-state index is 2.55. The fourth-order valence-electron chi connectivity index (χ4n) is 10.2. The second-order valence-corrected chi connectivity index (χ2v) is 15.2. The van der Waals surface area contributed by atoms with Gasteiger partial charge in [-0.15, -0.1) is 0 Å². The van der Waals surface area contributed by atoms with Crippen molar-refractivity contribution >= 4 is 97.5 Å². The van der Waals surface area contributed by atoms with Crippen LogP contribution in [0.1, 0.15) is 0 Å². The van der Waals surface area contributed by atoms with E-state index in [9.17, 15) is 0 Å². The fraction of sp³-hybridized carbons (Fsp3) is 0. The second kappa shape index (κ2) is 11.1. The lowest BCUT2D eigenvalue weighted by atomic mass is 9.85. The van der Waals surface area contributed by atoms with Crippen molar-refractivity contribution in [2.24, 2.45) is 0 Å². The summed E-state index contributed by atoms with van der Waals surface area (Å²) in [6.45, 7) is 0. The first kappa shape index (κ1) is 30.0. The van der Waals surface area contributed by atoms with Gasteiger partial charge in [-0.3, -0.25) is 0 Å². The van der Waals surface area contributed by atoms with Gasteiger partial charge < -0.3 is 9.13 Å². The van der Waals surface area contributed by atoms with E-state index in [-0.39, 0.29) is 0 Å². The van der Waals surface area contributed by atoms with Gasteiger partial charge in [-0.05, 0) is 84.5 Å². The molecule has 56 heavy (non-hydrogen) atoms. The highest BCUT2D eigenvalue weighted by molar-refractivity contribution is 6.30. The quantitative estimate of drug-likeness (QED) is 0.128. The van der Waals surface area contributed by atoms with Gasteiger partial charge in [0.05, 0.1) is 27.8 Å². The number of hydrogen-bond donors (Lipinski definition) is 0. The lowest BCUT2D eigenvalue weighted by molar-refractivity contribution is 1.18. The summed E-state index contributed by atoms with van der Waals surface area (Å²) in [5.41, 5.74) is 9.78. The lowest BCUT2D eigenvalue weighted by Gasteiger charge is -2.21. The van der Waals surface area contributed by atoms with Crippen molar-refractivity contribution < 1.29 is 0 Å². The second-order valence-electron chi connectivity index (χ2n) is 15.2. The van der Waals surface area contributed by atoms with Crippen LogP contribution in [0.4, 0.5) is 0 Å². The molecule has 258 valence electrons. The first-order valence-electron chi connectivity index (χ1n) is 19.4. The molecule has 13 aromatic rings. The van der Waals surface area contributed by atoms with Gasteiger partial charge in [0.2, 0.25) is 0 Å². The molecule has 0 N–H and O–H groups in total. The topological polar surface area (TPSA) is 9.86 Å². The van der Waals surface area contributed by atoms with Crippen LogP contribution in [0.25, 0.3) is 120 Å². The number of rotatable bonds is 3. The summed E-state index contributed by atoms with van der Waals surface area (Å²) in [5.74, 6) is 0. The number of benzene rings is 11. The highest BCUT2D eigenvalue weighted by atomic mass is 15.0. The minimum absolute atomic E-state index is 1.16. The third-order valence-corrected chi connectivity index (χ3v) is 12.4. The van der Waals surface area contributed by atoms with Crippen molar-refractivity contribution in [2.45, 2.75) is 0 Å². The monoisotopic (exact) mass is 708 g/mol. The Morgan fingerprint density at radius 3 is 1.52 bits per heavy atom. The van der Waals surface area contributed by atoms with Crippen LogP contribution in [0, 0.1) is 0 Å².